The van der Waals surface area contributed by atoms with Crippen molar-refractivity contribution in [1.82, 2.24) is 4.57 Å². The Labute approximate surface area is 268 Å². The molecule has 1 unspecified atom stereocenters. The van der Waals surface area contributed by atoms with E-state index in [2.05, 4.69) is 146 Å². The molecule has 0 N–H and O–H groups in total. The first kappa shape index (κ1) is 28.4. The fraction of sp³-hybridized carbons (Fsp3) is 0.318. The molecule has 5 aromatic carbocycles. The molecule has 1 heteroatoms. The van der Waals surface area contributed by atoms with Crippen LogP contribution in [0.2, 0.25) is 0 Å². The highest BCUT2D eigenvalue weighted by molar-refractivity contribution is 6.19. The van der Waals surface area contributed by atoms with Crippen molar-refractivity contribution in [2.75, 3.05) is 0 Å². The molecule has 0 saturated heterocycles. The Morgan fingerprint density at radius 3 is 2.09 bits per heavy atom. The minimum absolute atomic E-state index is 0.123. The van der Waals surface area contributed by atoms with Crippen molar-refractivity contribution < 1.29 is 0 Å². The number of allylic oxidation sites excluding steroid dienone is 1. The van der Waals surface area contributed by atoms with Crippen molar-refractivity contribution >= 4 is 44.2 Å². The van der Waals surface area contributed by atoms with Gasteiger partial charge in [0.2, 0.25) is 0 Å². The molecule has 1 aromatic heterocycles. The lowest BCUT2D eigenvalue weighted by Gasteiger charge is -2.25. The smallest absolute Gasteiger partial charge is 0.0639 e. The van der Waals surface area contributed by atoms with E-state index in [4.69, 9.17) is 0 Å². The molecule has 2 aliphatic rings. The Balaban J connectivity index is 1.44. The van der Waals surface area contributed by atoms with Gasteiger partial charge in [0.15, 0.2) is 0 Å². The number of benzene rings is 5. The topological polar surface area (TPSA) is 4.93 Å². The fourth-order valence-electron chi connectivity index (χ4n) is 8.20. The van der Waals surface area contributed by atoms with E-state index >= 15 is 0 Å². The zero-order valence-corrected chi connectivity index (χ0v) is 28.4. The quantitative estimate of drug-likeness (QED) is 0.194. The molecule has 226 valence electrons. The molecule has 0 radical (unpaired) electrons. The van der Waals surface area contributed by atoms with Gasteiger partial charge in [-0.1, -0.05) is 97.0 Å². The van der Waals surface area contributed by atoms with Gasteiger partial charge >= 0.3 is 0 Å². The first-order chi connectivity index (χ1) is 21.4. The number of aromatic nitrogens is 1. The molecular formula is C44H45N. The lowest BCUT2D eigenvalue weighted by atomic mass is 9.81. The molecule has 0 amide bonds. The zero-order chi connectivity index (χ0) is 31.5. The van der Waals surface area contributed by atoms with Gasteiger partial charge in [0.05, 0.1) is 17.1 Å². The van der Waals surface area contributed by atoms with E-state index in [0.29, 0.717) is 17.9 Å². The molecule has 0 spiro atoms. The first-order valence-corrected chi connectivity index (χ1v) is 16.9. The summed E-state index contributed by atoms with van der Waals surface area (Å²) in [6, 6.07) is 29.3. The summed E-state index contributed by atoms with van der Waals surface area (Å²) in [4.78, 5) is 0. The molecule has 45 heavy (non-hydrogen) atoms. The van der Waals surface area contributed by atoms with Crippen molar-refractivity contribution in [2.24, 2.45) is 0 Å². The van der Waals surface area contributed by atoms with Gasteiger partial charge in [-0.15, -0.1) is 0 Å². The van der Waals surface area contributed by atoms with E-state index in [1.807, 2.05) is 0 Å². The standard InChI is InChI=1S/C44H45N/c1-24(2)28-10-12-30-22-40-36(18-32(30)16-28)38-20-34(42-26(5)14-35(15-27(42)6)44(7,8)9)21-39-37-19-33-17-29(25(3)4)11-13-31(33)23-41(37)45(40)43(38)39/h10-22,24-25,41H,23H2,1-9H3. The Kier molecular flexibility index (Phi) is 6.12. The molecule has 1 aliphatic carbocycles. The minimum Gasteiger partial charge on any atom is -0.332 e. The zero-order valence-electron chi connectivity index (χ0n) is 28.4. The van der Waals surface area contributed by atoms with Gasteiger partial charge in [-0.25, -0.2) is 0 Å². The van der Waals surface area contributed by atoms with Crippen molar-refractivity contribution in [2.45, 2.75) is 92.0 Å². The number of rotatable bonds is 3. The third kappa shape index (κ3) is 4.27. The summed E-state index contributed by atoms with van der Waals surface area (Å²) in [5.41, 5.74) is 18.3. The lowest BCUT2D eigenvalue weighted by Crippen LogP contribution is -2.13. The average molecular weight is 588 g/mol. The number of fused-ring (bicyclic) bond motifs is 8. The first-order valence-electron chi connectivity index (χ1n) is 16.9. The number of aryl methyl sites for hydroxylation is 2. The van der Waals surface area contributed by atoms with Gasteiger partial charge in [-0.2, -0.15) is 0 Å². The Bertz CT molecular complexity index is 2220. The van der Waals surface area contributed by atoms with Gasteiger partial charge < -0.3 is 4.57 Å². The van der Waals surface area contributed by atoms with Crippen LogP contribution in [0.5, 0.6) is 0 Å². The van der Waals surface area contributed by atoms with Gasteiger partial charge in [0.1, 0.15) is 0 Å². The molecule has 8 rings (SSSR count). The summed E-state index contributed by atoms with van der Waals surface area (Å²) in [6.07, 6.45) is 3.55. The molecule has 6 aromatic rings. The third-order valence-electron chi connectivity index (χ3n) is 10.8. The maximum absolute atomic E-state index is 2.69. The van der Waals surface area contributed by atoms with Gasteiger partial charge in [-0.05, 0) is 134 Å². The molecule has 1 nitrogen and oxygen atoms in total. The lowest BCUT2D eigenvalue weighted by molar-refractivity contribution is 0.589. The number of hydrogen-bond acceptors (Lipinski definition) is 0. The second-order valence-electron chi connectivity index (χ2n) is 15.6. The van der Waals surface area contributed by atoms with Crippen molar-refractivity contribution in [3.8, 4) is 11.1 Å². The van der Waals surface area contributed by atoms with Crippen LogP contribution in [-0.2, 0) is 11.8 Å². The summed E-state index contributed by atoms with van der Waals surface area (Å²) >= 11 is 0. The Morgan fingerprint density at radius 2 is 1.40 bits per heavy atom. The monoisotopic (exact) mass is 587 g/mol. The van der Waals surface area contributed by atoms with Gasteiger partial charge in [0, 0.05) is 16.3 Å². The molecule has 2 heterocycles. The van der Waals surface area contributed by atoms with E-state index in [1.165, 1.54) is 93.8 Å². The van der Waals surface area contributed by atoms with E-state index in [1.54, 1.807) is 0 Å². The number of nitrogens with zero attached hydrogens (tertiary/aromatic N) is 1. The molecule has 0 fully saturated rings. The summed E-state index contributed by atoms with van der Waals surface area (Å²) < 4.78 is 2.69. The highest BCUT2D eigenvalue weighted by Crippen LogP contribution is 2.53. The molecule has 0 bridgehead atoms. The van der Waals surface area contributed by atoms with Crippen LogP contribution < -0.4 is 0 Å². The van der Waals surface area contributed by atoms with Crippen LogP contribution >= 0.6 is 0 Å². The normalized spacial score (nSPS) is 15.9. The average Bonchev–Trinajstić information content (AvgIpc) is 3.47. The summed E-state index contributed by atoms with van der Waals surface area (Å²) in [7, 11) is 0. The van der Waals surface area contributed by atoms with E-state index in [0.717, 1.165) is 6.42 Å². The number of hydrogen-bond donors (Lipinski definition) is 0. The second-order valence-corrected chi connectivity index (χ2v) is 15.6. The Hall–Kier alpha value is -4.10. The van der Waals surface area contributed by atoms with E-state index in [9.17, 15) is 0 Å². The fourth-order valence-corrected chi connectivity index (χ4v) is 8.20. The van der Waals surface area contributed by atoms with Gasteiger partial charge in [0.25, 0.3) is 0 Å². The maximum atomic E-state index is 2.69. The SMILES string of the molecule is Cc1cc(C(C)(C)C)cc(C)c1-c1cc2c3c(c1)c1cc4cc(C(C)C)ccc4cc1n3C1Cc3ccc(C(C)C)cc3C=C21. The predicted octanol–water partition coefficient (Wildman–Crippen LogP) is 12.4. The summed E-state index contributed by atoms with van der Waals surface area (Å²) in [6.45, 7) is 20.7. The van der Waals surface area contributed by atoms with Crippen molar-refractivity contribution in [3.63, 3.8) is 0 Å². The highest BCUT2D eigenvalue weighted by atomic mass is 15.0. The van der Waals surface area contributed by atoms with Gasteiger partial charge in [-0.3, -0.25) is 0 Å². The third-order valence-corrected chi connectivity index (χ3v) is 10.8. The molecule has 1 aliphatic heterocycles. The predicted molar refractivity (Wildman–Crippen MR) is 196 cm³/mol. The second kappa shape index (κ2) is 9.70. The van der Waals surface area contributed by atoms with Crippen molar-refractivity contribution in [3.05, 3.63) is 117 Å². The van der Waals surface area contributed by atoms with Crippen LogP contribution in [0, 0.1) is 13.8 Å². The van der Waals surface area contributed by atoms with Crippen LogP contribution in [0.25, 0.3) is 55.4 Å². The van der Waals surface area contributed by atoms with Crippen LogP contribution in [0.3, 0.4) is 0 Å². The molecule has 1 atom stereocenters. The molecular weight excluding hydrogens is 542 g/mol. The maximum Gasteiger partial charge on any atom is 0.0639 e. The summed E-state index contributed by atoms with van der Waals surface area (Å²) in [5.74, 6) is 1.03. The van der Waals surface area contributed by atoms with Crippen LogP contribution in [0.15, 0.2) is 72.8 Å². The van der Waals surface area contributed by atoms with E-state index in [-0.39, 0.29) is 5.41 Å². The van der Waals surface area contributed by atoms with Crippen LogP contribution in [-0.4, -0.2) is 4.57 Å². The van der Waals surface area contributed by atoms with E-state index < -0.39 is 0 Å². The minimum atomic E-state index is 0.123. The van der Waals surface area contributed by atoms with Crippen molar-refractivity contribution in [1.29, 1.82) is 0 Å². The largest absolute Gasteiger partial charge is 0.332 e. The molecule has 0 saturated carbocycles. The Morgan fingerprint density at radius 1 is 0.711 bits per heavy atom. The highest BCUT2D eigenvalue weighted by Gasteiger charge is 2.35. The summed E-state index contributed by atoms with van der Waals surface area (Å²) in [5, 5.41) is 5.43. The van der Waals surface area contributed by atoms with Crippen LogP contribution in [0.1, 0.15) is 111 Å². The van der Waals surface area contributed by atoms with Crippen LogP contribution in [0.4, 0.5) is 0 Å².